The number of aromatic nitrogens is 4. The molecule has 10 heteroatoms. The predicted octanol–water partition coefficient (Wildman–Crippen LogP) is 1.33. The maximum atomic E-state index is 12.6. The molecule has 0 spiro atoms. The Bertz CT molecular complexity index is 1040. The van der Waals surface area contributed by atoms with Crippen LogP contribution in [0.25, 0.3) is 17.4 Å². The number of piperazine rings is 1. The van der Waals surface area contributed by atoms with Crippen LogP contribution in [-0.4, -0.2) is 74.1 Å². The second kappa shape index (κ2) is 8.46. The highest BCUT2D eigenvalue weighted by Gasteiger charge is 2.21. The monoisotopic (exact) mass is 409 g/mol. The highest BCUT2D eigenvalue weighted by atomic mass is 16.3. The van der Waals surface area contributed by atoms with Gasteiger partial charge in [-0.3, -0.25) is 14.5 Å². The van der Waals surface area contributed by atoms with Crippen LogP contribution in [0.5, 0.6) is 0 Å². The molecule has 2 amide bonds. The number of hydrogen-bond acceptors (Lipinski definition) is 7. The van der Waals surface area contributed by atoms with E-state index in [1.165, 1.54) is 0 Å². The molecule has 0 aromatic carbocycles. The first-order valence-corrected chi connectivity index (χ1v) is 9.71. The van der Waals surface area contributed by atoms with Crippen molar-refractivity contribution in [3.8, 4) is 17.4 Å². The second-order valence-corrected chi connectivity index (χ2v) is 7.13. The van der Waals surface area contributed by atoms with Crippen molar-refractivity contribution in [1.82, 2.24) is 29.5 Å². The fourth-order valence-electron chi connectivity index (χ4n) is 3.29. The van der Waals surface area contributed by atoms with Gasteiger partial charge >= 0.3 is 0 Å². The first kappa shape index (κ1) is 19.8. The molecular weight excluding hydrogens is 386 g/mol. The number of nitrogens with one attached hydrogen (secondary N) is 1. The average molecular weight is 409 g/mol. The Labute approximate surface area is 173 Å². The van der Waals surface area contributed by atoms with Crippen LogP contribution in [0.15, 0.2) is 41.1 Å². The summed E-state index contributed by atoms with van der Waals surface area (Å²) in [7, 11) is 0. The third-order valence-corrected chi connectivity index (χ3v) is 4.86. The molecule has 0 aliphatic carbocycles. The van der Waals surface area contributed by atoms with Crippen molar-refractivity contribution in [3.63, 3.8) is 0 Å². The molecule has 1 fully saturated rings. The van der Waals surface area contributed by atoms with Crippen molar-refractivity contribution in [1.29, 1.82) is 0 Å². The topological polar surface area (TPSA) is 109 Å². The molecule has 0 atom stereocenters. The average Bonchev–Trinajstić information content (AvgIpc) is 3.40. The number of aryl methyl sites for hydroxylation is 1. The van der Waals surface area contributed by atoms with E-state index >= 15 is 0 Å². The lowest BCUT2D eigenvalue weighted by atomic mass is 10.3. The van der Waals surface area contributed by atoms with Crippen LogP contribution in [0.2, 0.25) is 0 Å². The van der Waals surface area contributed by atoms with Gasteiger partial charge in [0.2, 0.25) is 11.8 Å². The Kier molecular flexibility index (Phi) is 5.57. The number of carbonyl (C=O) groups is 2. The summed E-state index contributed by atoms with van der Waals surface area (Å²) in [5, 5.41) is 7.05. The van der Waals surface area contributed by atoms with Gasteiger partial charge in [0.05, 0.1) is 6.54 Å². The lowest BCUT2D eigenvalue weighted by Crippen LogP contribution is -2.49. The molecular formula is C20H23N7O3. The molecule has 1 saturated heterocycles. The SMILES string of the molecule is CC(=O)N1CCN(CC(=O)Nc2cc(-n3cccn3)nc(-c3ccc(C)o3)n2)CC1. The van der Waals surface area contributed by atoms with Gasteiger partial charge in [-0.25, -0.2) is 14.6 Å². The Morgan fingerprint density at radius 2 is 1.97 bits per heavy atom. The van der Waals surface area contributed by atoms with Gasteiger partial charge in [0.25, 0.3) is 0 Å². The van der Waals surface area contributed by atoms with Crippen LogP contribution in [0.4, 0.5) is 5.82 Å². The summed E-state index contributed by atoms with van der Waals surface area (Å²) < 4.78 is 7.24. The molecule has 0 bridgehead atoms. The molecule has 0 radical (unpaired) electrons. The minimum atomic E-state index is -0.182. The fourth-order valence-corrected chi connectivity index (χ4v) is 3.29. The summed E-state index contributed by atoms with van der Waals surface area (Å²) in [5.41, 5.74) is 0. The Hall–Kier alpha value is -3.53. The van der Waals surface area contributed by atoms with Crippen LogP contribution in [-0.2, 0) is 9.59 Å². The van der Waals surface area contributed by atoms with E-state index in [9.17, 15) is 9.59 Å². The van der Waals surface area contributed by atoms with E-state index in [4.69, 9.17) is 4.42 Å². The van der Waals surface area contributed by atoms with Crippen molar-refractivity contribution in [3.05, 3.63) is 42.4 Å². The fraction of sp³-hybridized carbons (Fsp3) is 0.350. The molecule has 1 aliphatic rings. The zero-order chi connectivity index (χ0) is 21.1. The first-order chi connectivity index (χ1) is 14.5. The minimum Gasteiger partial charge on any atom is -0.458 e. The maximum absolute atomic E-state index is 12.6. The van der Waals surface area contributed by atoms with E-state index in [1.54, 1.807) is 47.1 Å². The van der Waals surface area contributed by atoms with Gasteiger partial charge in [0, 0.05) is 51.6 Å². The zero-order valence-corrected chi connectivity index (χ0v) is 16.9. The van der Waals surface area contributed by atoms with Crippen molar-refractivity contribution >= 4 is 17.6 Å². The molecule has 3 aromatic heterocycles. The minimum absolute atomic E-state index is 0.0620. The van der Waals surface area contributed by atoms with Crippen LogP contribution < -0.4 is 5.32 Å². The Balaban J connectivity index is 1.49. The summed E-state index contributed by atoms with van der Waals surface area (Å²) in [6.07, 6.45) is 3.41. The smallest absolute Gasteiger partial charge is 0.239 e. The van der Waals surface area contributed by atoms with Crippen LogP contribution >= 0.6 is 0 Å². The van der Waals surface area contributed by atoms with Gasteiger partial charge in [0.15, 0.2) is 17.4 Å². The molecule has 0 saturated carbocycles. The highest BCUT2D eigenvalue weighted by Crippen LogP contribution is 2.22. The van der Waals surface area contributed by atoms with Crippen molar-refractivity contribution in [2.24, 2.45) is 0 Å². The quantitative estimate of drug-likeness (QED) is 0.677. The number of furan rings is 1. The Morgan fingerprint density at radius 1 is 1.17 bits per heavy atom. The molecule has 3 aromatic rings. The van der Waals surface area contributed by atoms with E-state index in [0.29, 0.717) is 49.4 Å². The maximum Gasteiger partial charge on any atom is 0.239 e. The second-order valence-electron chi connectivity index (χ2n) is 7.13. The largest absolute Gasteiger partial charge is 0.458 e. The number of hydrogen-bond donors (Lipinski definition) is 1. The van der Waals surface area contributed by atoms with E-state index in [1.807, 2.05) is 17.9 Å². The normalized spacial score (nSPS) is 14.7. The van der Waals surface area contributed by atoms with Gasteiger partial charge in [0.1, 0.15) is 11.6 Å². The van der Waals surface area contributed by atoms with Gasteiger partial charge in [-0.15, -0.1) is 0 Å². The molecule has 10 nitrogen and oxygen atoms in total. The van der Waals surface area contributed by atoms with Crippen molar-refractivity contribution in [2.75, 3.05) is 38.0 Å². The highest BCUT2D eigenvalue weighted by molar-refractivity contribution is 5.91. The van der Waals surface area contributed by atoms with E-state index in [-0.39, 0.29) is 18.4 Å². The van der Waals surface area contributed by atoms with Gasteiger partial charge in [-0.1, -0.05) is 0 Å². The van der Waals surface area contributed by atoms with Crippen LogP contribution in [0.3, 0.4) is 0 Å². The number of nitrogens with zero attached hydrogens (tertiary/aromatic N) is 6. The first-order valence-electron chi connectivity index (χ1n) is 9.71. The third kappa shape index (κ3) is 4.54. The molecule has 1 aliphatic heterocycles. The lowest BCUT2D eigenvalue weighted by Gasteiger charge is -2.33. The number of rotatable bonds is 5. The summed E-state index contributed by atoms with van der Waals surface area (Å²) >= 11 is 0. The molecule has 4 rings (SSSR count). The summed E-state index contributed by atoms with van der Waals surface area (Å²) in [6, 6.07) is 7.07. The molecule has 4 heterocycles. The van der Waals surface area contributed by atoms with E-state index in [2.05, 4.69) is 20.4 Å². The summed E-state index contributed by atoms with van der Waals surface area (Å²) in [4.78, 5) is 36.8. The molecule has 1 N–H and O–H groups in total. The zero-order valence-electron chi connectivity index (χ0n) is 16.9. The van der Waals surface area contributed by atoms with Crippen LogP contribution in [0, 0.1) is 6.92 Å². The molecule has 30 heavy (non-hydrogen) atoms. The summed E-state index contributed by atoms with van der Waals surface area (Å²) in [5.74, 6) is 2.38. The number of amides is 2. The Morgan fingerprint density at radius 3 is 2.60 bits per heavy atom. The number of carbonyl (C=O) groups excluding carboxylic acids is 2. The predicted molar refractivity (Wildman–Crippen MR) is 109 cm³/mol. The van der Waals surface area contributed by atoms with Crippen molar-refractivity contribution < 1.29 is 14.0 Å². The summed E-state index contributed by atoms with van der Waals surface area (Å²) in [6.45, 7) is 6.20. The van der Waals surface area contributed by atoms with E-state index < -0.39 is 0 Å². The van der Waals surface area contributed by atoms with Crippen LogP contribution in [0.1, 0.15) is 12.7 Å². The van der Waals surface area contributed by atoms with Gasteiger partial charge in [-0.2, -0.15) is 5.10 Å². The standard InChI is InChI=1S/C20H23N7O3/c1-14-4-5-16(30-14)20-23-17(12-18(24-20)27-7-3-6-21-27)22-19(29)13-25-8-10-26(11-9-25)15(2)28/h3-7,12H,8-11,13H2,1-2H3,(H,22,23,24,29). The lowest BCUT2D eigenvalue weighted by molar-refractivity contribution is -0.130. The van der Waals surface area contributed by atoms with Gasteiger partial charge in [-0.05, 0) is 25.1 Å². The van der Waals surface area contributed by atoms with Gasteiger partial charge < -0.3 is 14.6 Å². The molecule has 0 unspecified atom stereocenters. The van der Waals surface area contributed by atoms with E-state index in [0.717, 1.165) is 5.76 Å². The third-order valence-electron chi connectivity index (χ3n) is 4.86. The van der Waals surface area contributed by atoms with Crippen molar-refractivity contribution in [2.45, 2.75) is 13.8 Å². The number of anilines is 1. The molecule has 156 valence electrons.